The van der Waals surface area contributed by atoms with Crippen molar-refractivity contribution in [3.63, 3.8) is 0 Å². The normalized spacial score (nSPS) is 22.5. The number of piperidine rings is 1. The van der Waals surface area contributed by atoms with E-state index < -0.39 is 10.0 Å². The first kappa shape index (κ1) is 19.1. The SMILES string of the molecule is COc1cc(C)cc(C)c1S(=O)(=O)N1CCCC(N2CCNCC2=O)C1. The summed E-state index contributed by atoms with van der Waals surface area (Å²) in [7, 11) is -2.19. The third kappa shape index (κ3) is 3.58. The Morgan fingerprint density at radius 3 is 2.69 bits per heavy atom. The van der Waals surface area contributed by atoms with Gasteiger partial charge in [-0.15, -0.1) is 0 Å². The van der Waals surface area contributed by atoms with Crippen LogP contribution < -0.4 is 10.1 Å². The molecular weight excluding hydrogens is 354 g/mol. The quantitative estimate of drug-likeness (QED) is 0.838. The van der Waals surface area contributed by atoms with Crippen LogP contribution in [0.25, 0.3) is 0 Å². The number of benzene rings is 1. The number of hydrogen-bond donors (Lipinski definition) is 1. The summed E-state index contributed by atoms with van der Waals surface area (Å²) >= 11 is 0. The number of ether oxygens (including phenoxy) is 1. The van der Waals surface area contributed by atoms with Crippen LogP contribution in [0.4, 0.5) is 0 Å². The van der Waals surface area contributed by atoms with Gasteiger partial charge in [-0.05, 0) is 43.9 Å². The predicted molar refractivity (Wildman–Crippen MR) is 98.8 cm³/mol. The monoisotopic (exact) mass is 381 g/mol. The fourth-order valence-electron chi connectivity index (χ4n) is 3.93. The van der Waals surface area contributed by atoms with Crippen LogP contribution in [0.2, 0.25) is 0 Å². The van der Waals surface area contributed by atoms with Crippen LogP contribution in [0.3, 0.4) is 0 Å². The topological polar surface area (TPSA) is 79.0 Å². The highest BCUT2D eigenvalue weighted by Crippen LogP contribution is 2.33. The van der Waals surface area contributed by atoms with Crippen LogP contribution in [-0.4, -0.2) is 69.4 Å². The molecule has 0 radical (unpaired) electrons. The molecule has 7 nitrogen and oxygen atoms in total. The number of sulfonamides is 1. The molecule has 26 heavy (non-hydrogen) atoms. The van der Waals surface area contributed by atoms with Crippen LogP contribution in [0.5, 0.6) is 5.75 Å². The average Bonchev–Trinajstić information content (AvgIpc) is 2.61. The number of rotatable bonds is 4. The van der Waals surface area contributed by atoms with E-state index in [2.05, 4.69) is 5.32 Å². The van der Waals surface area contributed by atoms with Crippen LogP contribution in [0.15, 0.2) is 17.0 Å². The molecule has 1 aromatic rings. The first-order chi connectivity index (χ1) is 12.3. The number of aryl methyl sites for hydroxylation is 2. The summed E-state index contributed by atoms with van der Waals surface area (Å²) in [6.45, 7) is 6.22. The van der Waals surface area contributed by atoms with E-state index in [1.807, 2.05) is 17.9 Å². The fourth-order valence-corrected chi connectivity index (χ4v) is 5.79. The van der Waals surface area contributed by atoms with Crippen molar-refractivity contribution in [3.8, 4) is 5.75 Å². The Kier molecular flexibility index (Phi) is 5.55. The van der Waals surface area contributed by atoms with Crippen molar-refractivity contribution in [2.75, 3.05) is 39.8 Å². The summed E-state index contributed by atoms with van der Waals surface area (Å²) in [5.41, 5.74) is 1.64. The minimum absolute atomic E-state index is 0.0459. The Labute approximate surface area is 155 Å². The summed E-state index contributed by atoms with van der Waals surface area (Å²) in [6.07, 6.45) is 1.58. The molecule has 0 aliphatic carbocycles. The molecule has 0 spiro atoms. The number of piperazine rings is 1. The van der Waals surface area contributed by atoms with Gasteiger partial charge in [-0.2, -0.15) is 4.31 Å². The summed E-state index contributed by atoms with van der Waals surface area (Å²) in [6, 6.07) is 3.54. The molecule has 1 atom stereocenters. The van der Waals surface area contributed by atoms with Crippen molar-refractivity contribution in [2.24, 2.45) is 0 Å². The Hall–Kier alpha value is -1.64. The van der Waals surface area contributed by atoms with Gasteiger partial charge in [0.1, 0.15) is 10.6 Å². The van der Waals surface area contributed by atoms with Gasteiger partial charge in [-0.3, -0.25) is 4.79 Å². The number of amides is 1. The zero-order chi connectivity index (χ0) is 18.9. The highest BCUT2D eigenvalue weighted by Gasteiger charge is 2.37. The minimum Gasteiger partial charge on any atom is -0.495 e. The van der Waals surface area contributed by atoms with Crippen LogP contribution in [-0.2, 0) is 14.8 Å². The van der Waals surface area contributed by atoms with Crippen LogP contribution in [0, 0.1) is 13.8 Å². The van der Waals surface area contributed by atoms with E-state index in [4.69, 9.17) is 4.74 Å². The minimum atomic E-state index is -3.69. The lowest BCUT2D eigenvalue weighted by molar-refractivity contribution is -0.135. The second kappa shape index (κ2) is 7.54. The van der Waals surface area contributed by atoms with Gasteiger partial charge in [0.05, 0.1) is 13.7 Å². The smallest absolute Gasteiger partial charge is 0.247 e. The molecule has 1 aromatic carbocycles. The number of carbonyl (C=O) groups excluding carboxylic acids is 1. The van der Waals surface area contributed by atoms with Gasteiger partial charge >= 0.3 is 0 Å². The lowest BCUT2D eigenvalue weighted by Gasteiger charge is -2.40. The molecule has 0 aromatic heterocycles. The summed E-state index contributed by atoms with van der Waals surface area (Å²) in [5, 5.41) is 3.06. The first-order valence-corrected chi connectivity index (χ1v) is 10.4. The van der Waals surface area contributed by atoms with Crippen LogP contribution in [0.1, 0.15) is 24.0 Å². The van der Waals surface area contributed by atoms with E-state index in [1.54, 1.807) is 13.0 Å². The van der Waals surface area contributed by atoms with Gasteiger partial charge in [-0.25, -0.2) is 8.42 Å². The fraction of sp³-hybridized carbons (Fsp3) is 0.611. The van der Waals surface area contributed by atoms with Crippen molar-refractivity contribution in [3.05, 3.63) is 23.3 Å². The molecule has 1 amide bonds. The van der Waals surface area contributed by atoms with Gasteiger partial charge in [0, 0.05) is 32.2 Å². The maximum atomic E-state index is 13.3. The molecule has 3 rings (SSSR count). The number of nitrogens with one attached hydrogen (secondary N) is 1. The van der Waals surface area contributed by atoms with Crippen molar-refractivity contribution in [2.45, 2.75) is 37.6 Å². The maximum absolute atomic E-state index is 13.3. The van der Waals surface area contributed by atoms with Crippen molar-refractivity contribution in [1.29, 1.82) is 0 Å². The predicted octanol–water partition coefficient (Wildman–Crippen LogP) is 0.897. The lowest BCUT2D eigenvalue weighted by atomic mass is 10.1. The van der Waals surface area contributed by atoms with Gasteiger partial charge < -0.3 is 15.0 Å². The Balaban J connectivity index is 1.89. The highest BCUT2D eigenvalue weighted by atomic mass is 32.2. The Morgan fingerprint density at radius 1 is 1.23 bits per heavy atom. The van der Waals surface area contributed by atoms with Gasteiger partial charge in [0.25, 0.3) is 0 Å². The molecule has 2 saturated heterocycles. The summed E-state index contributed by atoms with van der Waals surface area (Å²) in [5.74, 6) is 0.424. The zero-order valence-electron chi connectivity index (χ0n) is 15.6. The molecule has 2 aliphatic heterocycles. The molecule has 2 fully saturated rings. The number of carbonyl (C=O) groups is 1. The molecule has 1 unspecified atom stereocenters. The van der Waals surface area contributed by atoms with E-state index in [9.17, 15) is 13.2 Å². The average molecular weight is 381 g/mol. The largest absolute Gasteiger partial charge is 0.495 e. The third-order valence-electron chi connectivity index (χ3n) is 5.13. The molecule has 2 aliphatic rings. The summed E-state index contributed by atoms with van der Waals surface area (Å²) < 4.78 is 33.6. The van der Waals surface area contributed by atoms with Gasteiger partial charge in [-0.1, -0.05) is 6.07 Å². The number of nitrogens with zero attached hydrogens (tertiary/aromatic N) is 2. The van der Waals surface area contributed by atoms with Crippen LogP contribution >= 0.6 is 0 Å². The second-order valence-corrected chi connectivity index (χ2v) is 8.91. The van der Waals surface area contributed by atoms with E-state index in [1.165, 1.54) is 11.4 Å². The number of hydrogen-bond acceptors (Lipinski definition) is 5. The highest BCUT2D eigenvalue weighted by molar-refractivity contribution is 7.89. The lowest BCUT2D eigenvalue weighted by Crippen LogP contribution is -2.57. The van der Waals surface area contributed by atoms with E-state index in [-0.39, 0.29) is 16.8 Å². The molecule has 0 saturated carbocycles. The molecule has 1 N–H and O–H groups in total. The standard InChI is InChI=1S/C18H27N3O4S/c1-13-9-14(2)18(16(10-13)25-3)26(23,24)20-7-4-5-15(12-20)21-8-6-19-11-17(21)22/h9-10,15,19H,4-8,11-12H2,1-3H3. The first-order valence-electron chi connectivity index (χ1n) is 9.00. The molecule has 144 valence electrons. The van der Waals surface area contributed by atoms with Crippen molar-refractivity contribution < 1.29 is 17.9 Å². The van der Waals surface area contributed by atoms with Gasteiger partial charge in [0.2, 0.25) is 15.9 Å². The van der Waals surface area contributed by atoms with E-state index in [0.29, 0.717) is 37.5 Å². The molecule has 8 heteroatoms. The Morgan fingerprint density at radius 2 is 2.00 bits per heavy atom. The molecule has 0 bridgehead atoms. The molecule has 2 heterocycles. The number of methoxy groups -OCH3 is 1. The zero-order valence-corrected chi connectivity index (χ0v) is 16.4. The summed E-state index contributed by atoms with van der Waals surface area (Å²) in [4.78, 5) is 14.3. The van der Waals surface area contributed by atoms with Crippen molar-refractivity contribution in [1.82, 2.24) is 14.5 Å². The second-order valence-electron chi connectivity index (χ2n) is 7.04. The third-order valence-corrected chi connectivity index (χ3v) is 7.18. The van der Waals surface area contributed by atoms with Gasteiger partial charge in [0.15, 0.2) is 0 Å². The maximum Gasteiger partial charge on any atom is 0.247 e. The molecular formula is C18H27N3O4S. The Bertz CT molecular complexity index is 794. The van der Waals surface area contributed by atoms with E-state index in [0.717, 1.165) is 24.9 Å². The van der Waals surface area contributed by atoms with E-state index >= 15 is 0 Å². The van der Waals surface area contributed by atoms with Crippen molar-refractivity contribution >= 4 is 15.9 Å².